The van der Waals surface area contributed by atoms with Crippen LogP contribution in [0.25, 0.3) is 0 Å². The standard InChI is InChI=1S/C17H14N4O/c1-17(2)16(22)20-15(21-17)14-18-10-13(11-19-14)9-8-12-6-4-3-5-7-12/h3-7,10-11H,1-2H3,(H,20,21,22). The lowest BCUT2D eigenvalue weighted by molar-refractivity contribution is -0.122. The minimum Gasteiger partial charge on any atom is -0.306 e. The quantitative estimate of drug-likeness (QED) is 0.810. The lowest BCUT2D eigenvalue weighted by Gasteiger charge is -2.07. The van der Waals surface area contributed by atoms with Gasteiger partial charge in [-0.25, -0.2) is 15.0 Å². The van der Waals surface area contributed by atoms with Crippen LogP contribution in [0.4, 0.5) is 0 Å². The van der Waals surface area contributed by atoms with Crippen LogP contribution in [0.5, 0.6) is 0 Å². The average Bonchev–Trinajstić information content (AvgIpc) is 2.80. The third-order valence-corrected chi connectivity index (χ3v) is 3.17. The van der Waals surface area contributed by atoms with E-state index in [4.69, 9.17) is 0 Å². The van der Waals surface area contributed by atoms with Crippen molar-refractivity contribution in [3.63, 3.8) is 0 Å². The Morgan fingerprint density at radius 1 is 1.00 bits per heavy atom. The maximum absolute atomic E-state index is 11.7. The molecular formula is C17H14N4O. The van der Waals surface area contributed by atoms with Gasteiger partial charge in [-0.1, -0.05) is 30.0 Å². The molecule has 0 unspecified atom stereocenters. The predicted octanol–water partition coefficient (Wildman–Crippen LogP) is 1.53. The number of hydrogen-bond donors (Lipinski definition) is 1. The smallest absolute Gasteiger partial charge is 0.253 e. The molecule has 0 atom stereocenters. The molecule has 5 nitrogen and oxygen atoms in total. The number of amidine groups is 1. The van der Waals surface area contributed by atoms with Gasteiger partial charge in [-0.15, -0.1) is 0 Å². The molecule has 0 fully saturated rings. The lowest BCUT2D eigenvalue weighted by atomic mass is 10.1. The molecular weight excluding hydrogens is 276 g/mol. The monoisotopic (exact) mass is 290 g/mol. The first-order valence-electron chi connectivity index (χ1n) is 6.85. The molecule has 1 aliphatic heterocycles. The maximum atomic E-state index is 11.7. The number of aliphatic imine (C=N–C) groups is 1. The van der Waals surface area contributed by atoms with E-state index in [0.29, 0.717) is 17.2 Å². The highest BCUT2D eigenvalue weighted by Crippen LogP contribution is 2.16. The molecule has 0 radical (unpaired) electrons. The minimum absolute atomic E-state index is 0.154. The normalized spacial score (nSPS) is 15.5. The van der Waals surface area contributed by atoms with Crippen LogP contribution in [0.15, 0.2) is 47.7 Å². The largest absolute Gasteiger partial charge is 0.306 e. The van der Waals surface area contributed by atoms with E-state index >= 15 is 0 Å². The predicted molar refractivity (Wildman–Crippen MR) is 83.2 cm³/mol. The van der Waals surface area contributed by atoms with Gasteiger partial charge in [0.15, 0.2) is 11.7 Å². The van der Waals surface area contributed by atoms with Crippen molar-refractivity contribution in [2.45, 2.75) is 19.4 Å². The second-order valence-corrected chi connectivity index (χ2v) is 5.38. The number of hydrogen-bond acceptors (Lipinski definition) is 4. The van der Waals surface area contributed by atoms with Crippen molar-refractivity contribution in [3.8, 4) is 11.8 Å². The molecule has 108 valence electrons. The fraction of sp³-hybridized carbons (Fsp3) is 0.176. The van der Waals surface area contributed by atoms with Crippen molar-refractivity contribution in [1.29, 1.82) is 0 Å². The molecule has 2 heterocycles. The van der Waals surface area contributed by atoms with Crippen molar-refractivity contribution >= 4 is 11.7 Å². The second kappa shape index (κ2) is 5.41. The van der Waals surface area contributed by atoms with Gasteiger partial charge in [-0.3, -0.25) is 4.79 Å². The van der Waals surface area contributed by atoms with Crippen LogP contribution in [0, 0.1) is 11.8 Å². The summed E-state index contributed by atoms with van der Waals surface area (Å²) in [5.74, 6) is 6.68. The zero-order valence-electron chi connectivity index (χ0n) is 12.3. The summed E-state index contributed by atoms with van der Waals surface area (Å²) in [4.78, 5) is 24.4. The van der Waals surface area contributed by atoms with Gasteiger partial charge in [0.25, 0.3) is 5.91 Å². The average molecular weight is 290 g/mol. The van der Waals surface area contributed by atoms with Crippen LogP contribution in [-0.4, -0.2) is 27.2 Å². The van der Waals surface area contributed by atoms with Gasteiger partial charge >= 0.3 is 0 Å². The van der Waals surface area contributed by atoms with E-state index in [-0.39, 0.29) is 5.91 Å². The van der Waals surface area contributed by atoms with Gasteiger partial charge in [0.1, 0.15) is 5.54 Å². The Hall–Kier alpha value is -3.00. The summed E-state index contributed by atoms with van der Waals surface area (Å²) in [6.07, 6.45) is 3.25. The van der Waals surface area contributed by atoms with Crippen molar-refractivity contribution in [1.82, 2.24) is 15.3 Å². The van der Waals surface area contributed by atoms with Crippen LogP contribution in [0.2, 0.25) is 0 Å². The summed E-state index contributed by atoms with van der Waals surface area (Å²) in [5.41, 5.74) is 0.863. The molecule has 0 spiro atoms. The van der Waals surface area contributed by atoms with Gasteiger partial charge in [-0.05, 0) is 26.0 Å². The van der Waals surface area contributed by atoms with E-state index in [1.54, 1.807) is 26.2 Å². The Morgan fingerprint density at radius 2 is 1.64 bits per heavy atom. The van der Waals surface area contributed by atoms with E-state index in [1.165, 1.54) is 0 Å². The minimum atomic E-state index is -0.773. The maximum Gasteiger partial charge on any atom is 0.253 e. The Kier molecular flexibility index (Phi) is 3.43. The van der Waals surface area contributed by atoms with Crippen LogP contribution in [0.1, 0.15) is 30.8 Å². The molecule has 5 heteroatoms. The summed E-state index contributed by atoms with van der Waals surface area (Å²) >= 11 is 0. The highest BCUT2D eigenvalue weighted by molar-refractivity contribution is 6.13. The van der Waals surface area contributed by atoms with Gasteiger partial charge in [0, 0.05) is 18.0 Å². The zero-order chi connectivity index (χ0) is 15.6. The van der Waals surface area contributed by atoms with Gasteiger partial charge in [0.2, 0.25) is 0 Å². The van der Waals surface area contributed by atoms with Gasteiger partial charge in [-0.2, -0.15) is 0 Å². The number of aromatic nitrogens is 2. The van der Waals surface area contributed by atoms with E-state index in [2.05, 4.69) is 32.1 Å². The highest BCUT2D eigenvalue weighted by atomic mass is 16.2. The molecule has 22 heavy (non-hydrogen) atoms. The Morgan fingerprint density at radius 3 is 2.23 bits per heavy atom. The molecule has 1 N–H and O–H groups in total. The van der Waals surface area contributed by atoms with Crippen molar-refractivity contribution in [2.24, 2.45) is 4.99 Å². The van der Waals surface area contributed by atoms with Crippen molar-refractivity contribution < 1.29 is 4.79 Å². The summed E-state index contributed by atoms with van der Waals surface area (Å²) in [5, 5.41) is 2.69. The van der Waals surface area contributed by atoms with E-state index < -0.39 is 5.54 Å². The highest BCUT2D eigenvalue weighted by Gasteiger charge is 2.35. The molecule has 3 rings (SSSR count). The first kappa shape index (κ1) is 14.0. The summed E-state index contributed by atoms with van der Waals surface area (Å²) < 4.78 is 0. The number of amides is 1. The Bertz CT molecular complexity index is 796. The van der Waals surface area contributed by atoms with E-state index in [1.807, 2.05) is 30.3 Å². The lowest BCUT2D eigenvalue weighted by Crippen LogP contribution is -2.35. The fourth-order valence-electron chi connectivity index (χ4n) is 1.91. The first-order valence-corrected chi connectivity index (χ1v) is 6.85. The molecule has 0 saturated carbocycles. The van der Waals surface area contributed by atoms with Crippen LogP contribution >= 0.6 is 0 Å². The Labute approximate surface area is 128 Å². The van der Waals surface area contributed by atoms with Crippen molar-refractivity contribution in [2.75, 3.05) is 0 Å². The molecule has 0 bridgehead atoms. The topological polar surface area (TPSA) is 67.2 Å². The van der Waals surface area contributed by atoms with E-state index in [0.717, 1.165) is 5.56 Å². The van der Waals surface area contributed by atoms with Gasteiger partial charge < -0.3 is 5.32 Å². The van der Waals surface area contributed by atoms with Crippen LogP contribution < -0.4 is 5.32 Å². The summed E-state index contributed by atoms with van der Waals surface area (Å²) in [6, 6.07) is 9.69. The number of rotatable bonds is 1. The van der Waals surface area contributed by atoms with Crippen LogP contribution in [0.3, 0.4) is 0 Å². The molecule has 2 aromatic rings. The molecule has 1 amide bonds. The van der Waals surface area contributed by atoms with Crippen molar-refractivity contribution in [3.05, 3.63) is 59.7 Å². The third kappa shape index (κ3) is 2.86. The zero-order valence-corrected chi connectivity index (χ0v) is 12.3. The Balaban J connectivity index is 1.80. The second-order valence-electron chi connectivity index (χ2n) is 5.38. The van der Waals surface area contributed by atoms with E-state index in [9.17, 15) is 4.79 Å². The molecule has 0 aliphatic carbocycles. The number of nitrogens with zero attached hydrogens (tertiary/aromatic N) is 3. The molecule has 1 aromatic carbocycles. The molecule has 1 aliphatic rings. The number of carbonyl (C=O) groups is 1. The number of nitrogens with one attached hydrogen (secondary N) is 1. The molecule has 0 saturated heterocycles. The number of carbonyl (C=O) groups excluding carboxylic acids is 1. The van der Waals surface area contributed by atoms with Gasteiger partial charge in [0.05, 0.1) is 5.56 Å². The number of benzene rings is 1. The fourth-order valence-corrected chi connectivity index (χ4v) is 1.91. The summed E-state index contributed by atoms with van der Waals surface area (Å²) in [6.45, 7) is 3.49. The van der Waals surface area contributed by atoms with Crippen LogP contribution in [-0.2, 0) is 4.79 Å². The third-order valence-electron chi connectivity index (χ3n) is 3.17. The summed E-state index contributed by atoms with van der Waals surface area (Å²) in [7, 11) is 0. The first-order chi connectivity index (χ1) is 10.5. The molecule has 1 aromatic heterocycles. The SMILES string of the molecule is CC1(C)N=C(c2ncc(C#Cc3ccccc3)cn2)NC1=O.